The topological polar surface area (TPSA) is 101 Å². The van der Waals surface area contributed by atoms with Crippen LogP contribution in [0.2, 0.25) is 0 Å². The van der Waals surface area contributed by atoms with Gasteiger partial charge < -0.3 is 9.84 Å². The predicted molar refractivity (Wildman–Crippen MR) is 38.6 cm³/mol. The SMILES string of the molecule is CCCCOC(=O)OOOOC(=O)O. The second-order valence-electron chi connectivity index (χ2n) is 2.02. The Bertz CT molecular complexity index is 179. The number of carboxylic acid groups (broad SMARTS) is 1. The van der Waals surface area contributed by atoms with Gasteiger partial charge in [0.1, 0.15) is 0 Å². The molecule has 0 aromatic heterocycles. The van der Waals surface area contributed by atoms with Crippen LogP contribution in [0, 0.1) is 0 Å². The summed E-state index contributed by atoms with van der Waals surface area (Å²) in [6, 6.07) is 0. The van der Waals surface area contributed by atoms with Gasteiger partial charge in [-0.1, -0.05) is 13.3 Å². The molecule has 0 radical (unpaired) electrons. The maximum atomic E-state index is 10.5. The third-order valence-corrected chi connectivity index (χ3v) is 0.953. The summed E-state index contributed by atoms with van der Waals surface area (Å²) in [5.74, 6) is 0. The van der Waals surface area contributed by atoms with E-state index in [0.717, 1.165) is 6.42 Å². The van der Waals surface area contributed by atoms with Crippen LogP contribution in [0.3, 0.4) is 0 Å². The van der Waals surface area contributed by atoms with Crippen molar-refractivity contribution in [2.75, 3.05) is 6.61 Å². The van der Waals surface area contributed by atoms with E-state index < -0.39 is 12.3 Å². The normalized spacial score (nSPS) is 9.21. The highest BCUT2D eigenvalue weighted by Crippen LogP contribution is 1.93. The summed E-state index contributed by atoms with van der Waals surface area (Å²) in [6.07, 6.45) is -1.35. The molecule has 0 rings (SSSR count). The van der Waals surface area contributed by atoms with Crippen molar-refractivity contribution in [1.82, 2.24) is 0 Å². The van der Waals surface area contributed by atoms with Crippen LogP contribution in [0.1, 0.15) is 19.8 Å². The Morgan fingerprint density at radius 2 is 1.86 bits per heavy atom. The Kier molecular flexibility index (Phi) is 7.19. The number of ether oxygens (including phenoxy) is 1. The van der Waals surface area contributed by atoms with Crippen molar-refractivity contribution >= 4 is 12.3 Å². The summed E-state index contributed by atoms with van der Waals surface area (Å²) in [5, 5.41) is 14.9. The molecule has 0 aliphatic carbocycles. The van der Waals surface area contributed by atoms with Crippen LogP contribution in [0.15, 0.2) is 0 Å². The fourth-order valence-corrected chi connectivity index (χ4v) is 0.409. The quantitative estimate of drug-likeness (QED) is 0.304. The molecule has 0 fully saturated rings. The van der Waals surface area contributed by atoms with Gasteiger partial charge in [0, 0.05) is 10.1 Å². The standard InChI is InChI=1S/C6H10O8/c1-2-3-4-10-6(9)12-14-13-11-5(7)8/h2-4H2,1H3,(H,7,8). The lowest BCUT2D eigenvalue weighted by Crippen LogP contribution is -2.10. The van der Waals surface area contributed by atoms with Crippen LogP contribution in [0.4, 0.5) is 9.59 Å². The van der Waals surface area contributed by atoms with Gasteiger partial charge in [0.2, 0.25) is 0 Å². The summed E-state index contributed by atoms with van der Waals surface area (Å²) < 4.78 is 4.42. The van der Waals surface area contributed by atoms with Crippen molar-refractivity contribution in [3.05, 3.63) is 0 Å². The molecule has 0 atom stereocenters. The van der Waals surface area contributed by atoms with E-state index in [4.69, 9.17) is 5.11 Å². The fourth-order valence-electron chi connectivity index (χ4n) is 0.409. The lowest BCUT2D eigenvalue weighted by atomic mass is 10.4. The zero-order chi connectivity index (χ0) is 10.8. The molecule has 0 aromatic carbocycles. The maximum Gasteiger partial charge on any atom is 0.542 e. The van der Waals surface area contributed by atoms with E-state index in [1.54, 1.807) is 0 Å². The Balaban J connectivity index is 3.22. The van der Waals surface area contributed by atoms with E-state index in [9.17, 15) is 9.59 Å². The monoisotopic (exact) mass is 210 g/mol. The molecule has 82 valence electrons. The van der Waals surface area contributed by atoms with E-state index in [0.29, 0.717) is 6.42 Å². The van der Waals surface area contributed by atoms with E-state index in [1.165, 1.54) is 0 Å². The minimum absolute atomic E-state index is 0.179. The summed E-state index contributed by atoms with van der Waals surface area (Å²) >= 11 is 0. The molecule has 0 amide bonds. The zero-order valence-electron chi connectivity index (χ0n) is 7.43. The van der Waals surface area contributed by atoms with Gasteiger partial charge in [-0.05, 0) is 6.42 Å². The van der Waals surface area contributed by atoms with Gasteiger partial charge in [-0.25, -0.2) is 19.4 Å². The molecule has 0 saturated heterocycles. The number of carbonyl (C=O) groups is 2. The van der Waals surface area contributed by atoms with Gasteiger partial charge in [-0.3, -0.25) is 0 Å². The minimum atomic E-state index is -1.74. The molecule has 8 nitrogen and oxygen atoms in total. The number of carbonyl (C=O) groups excluding carboxylic acids is 1. The summed E-state index contributed by atoms with van der Waals surface area (Å²) in [6.45, 7) is 2.09. The molecule has 0 aliphatic heterocycles. The molecule has 0 unspecified atom stereocenters. The lowest BCUT2D eigenvalue weighted by molar-refractivity contribution is -0.600. The summed E-state index contributed by atoms with van der Waals surface area (Å²) in [7, 11) is 0. The van der Waals surface area contributed by atoms with Crippen LogP contribution >= 0.6 is 0 Å². The van der Waals surface area contributed by atoms with Crippen molar-refractivity contribution in [3.63, 3.8) is 0 Å². The second-order valence-corrected chi connectivity index (χ2v) is 2.02. The Hall–Kier alpha value is -1.54. The van der Waals surface area contributed by atoms with Gasteiger partial charge in [0.05, 0.1) is 6.61 Å². The van der Waals surface area contributed by atoms with Crippen LogP contribution in [-0.4, -0.2) is 24.0 Å². The van der Waals surface area contributed by atoms with Crippen molar-refractivity contribution in [2.45, 2.75) is 19.8 Å². The van der Waals surface area contributed by atoms with Gasteiger partial charge in [-0.15, -0.1) is 0 Å². The van der Waals surface area contributed by atoms with E-state index in [2.05, 4.69) is 24.6 Å². The Morgan fingerprint density at radius 1 is 1.21 bits per heavy atom. The summed E-state index contributed by atoms with van der Waals surface area (Å²) in [4.78, 5) is 27.3. The number of rotatable bonds is 6. The summed E-state index contributed by atoms with van der Waals surface area (Å²) in [5.41, 5.74) is 0. The number of hydrogen-bond acceptors (Lipinski definition) is 7. The Morgan fingerprint density at radius 3 is 2.43 bits per heavy atom. The molecular weight excluding hydrogens is 200 g/mol. The minimum Gasteiger partial charge on any atom is -0.448 e. The smallest absolute Gasteiger partial charge is 0.448 e. The molecule has 14 heavy (non-hydrogen) atoms. The highest BCUT2D eigenvalue weighted by atomic mass is 17.7. The molecule has 0 heterocycles. The van der Waals surface area contributed by atoms with Gasteiger partial charge in [0.15, 0.2) is 0 Å². The first-order valence-electron chi connectivity index (χ1n) is 3.74. The number of hydrogen-bond donors (Lipinski definition) is 1. The van der Waals surface area contributed by atoms with Crippen molar-refractivity contribution < 1.29 is 39.3 Å². The van der Waals surface area contributed by atoms with Gasteiger partial charge in [0.25, 0.3) is 0 Å². The van der Waals surface area contributed by atoms with E-state index in [-0.39, 0.29) is 6.61 Å². The third kappa shape index (κ3) is 8.56. The maximum absolute atomic E-state index is 10.5. The average molecular weight is 210 g/mol. The number of unbranched alkanes of at least 4 members (excludes halogenated alkanes) is 1. The van der Waals surface area contributed by atoms with E-state index >= 15 is 0 Å². The third-order valence-electron chi connectivity index (χ3n) is 0.953. The molecule has 0 aliphatic rings. The van der Waals surface area contributed by atoms with Crippen LogP contribution < -0.4 is 0 Å². The van der Waals surface area contributed by atoms with Crippen LogP contribution in [-0.2, 0) is 24.6 Å². The predicted octanol–water partition coefficient (Wildman–Crippen LogP) is 1.41. The lowest BCUT2D eigenvalue weighted by Gasteiger charge is -2.01. The first kappa shape index (κ1) is 12.5. The first-order valence-corrected chi connectivity index (χ1v) is 3.74. The fraction of sp³-hybridized carbons (Fsp3) is 0.667. The molecular formula is C6H10O8. The van der Waals surface area contributed by atoms with Gasteiger partial charge >= 0.3 is 12.3 Å². The average Bonchev–Trinajstić information content (AvgIpc) is 2.13. The molecule has 1 N–H and O–H groups in total. The first-order chi connectivity index (χ1) is 6.66. The van der Waals surface area contributed by atoms with Crippen LogP contribution in [0.5, 0.6) is 0 Å². The molecule has 0 aromatic rings. The van der Waals surface area contributed by atoms with Crippen molar-refractivity contribution in [1.29, 1.82) is 0 Å². The molecule has 0 saturated carbocycles. The second kappa shape index (κ2) is 8.08. The van der Waals surface area contributed by atoms with Crippen molar-refractivity contribution in [3.8, 4) is 0 Å². The van der Waals surface area contributed by atoms with E-state index in [1.807, 2.05) is 6.92 Å². The zero-order valence-corrected chi connectivity index (χ0v) is 7.43. The van der Waals surface area contributed by atoms with Gasteiger partial charge in [-0.2, -0.15) is 0 Å². The highest BCUT2D eigenvalue weighted by Gasteiger charge is 2.06. The van der Waals surface area contributed by atoms with Crippen LogP contribution in [0.25, 0.3) is 0 Å². The largest absolute Gasteiger partial charge is 0.542 e. The molecule has 0 bridgehead atoms. The Labute approximate surface area is 79.0 Å². The molecule has 8 heteroatoms. The molecule has 0 spiro atoms. The highest BCUT2D eigenvalue weighted by molar-refractivity contribution is 5.58. The van der Waals surface area contributed by atoms with Crippen molar-refractivity contribution in [2.24, 2.45) is 0 Å².